The number of para-hydroxylation sites is 2. The van der Waals surface area contributed by atoms with Crippen molar-refractivity contribution in [3.63, 3.8) is 0 Å². The number of aromatic nitrogens is 4. The second-order valence-corrected chi connectivity index (χ2v) is 7.80. The Balaban J connectivity index is 1.28. The van der Waals surface area contributed by atoms with Crippen LogP contribution in [0.4, 0.5) is 0 Å². The number of carbonyl (C=O) groups excluding carboxylic acids is 1. The van der Waals surface area contributed by atoms with E-state index in [-0.39, 0.29) is 18.7 Å². The summed E-state index contributed by atoms with van der Waals surface area (Å²) in [5, 5.41) is 4.98. The molecule has 2 aromatic carbocycles. The lowest BCUT2D eigenvalue weighted by Crippen LogP contribution is -2.35. The van der Waals surface area contributed by atoms with Crippen LogP contribution in [0, 0.1) is 0 Å². The summed E-state index contributed by atoms with van der Waals surface area (Å²) in [4.78, 5) is 40.3. The molecule has 1 N–H and O–H groups in total. The van der Waals surface area contributed by atoms with Gasteiger partial charge in [0.25, 0.3) is 5.56 Å². The minimum atomic E-state index is -0.474. The molecule has 0 radical (unpaired) electrons. The molecule has 2 heterocycles. The van der Waals surface area contributed by atoms with Gasteiger partial charge in [-0.1, -0.05) is 30.3 Å². The molecule has 2 aromatic heterocycles. The van der Waals surface area contributed by atoms with Crippen LogP contribution in [0.3, 0.4) is 0 Å². The lowest BCUT2D eigenvalue weighted by Gasteiger charge is -2.07. The maximum Gasteiger partial charge on any atom is 0.359 e. The maximum atomic E-state index is 12.7. The van der Waals surface area contributed by atoms with Gasteiger partial charge in [0.2, 0.25) is 0 Å². The number of ether oxygens (including phenoxy) is 1. The monoisotopic (exact) mass is 430 g/mol. The summed E-state index contributed by atoms with van der Waals surface area (Å²) in [6.07, 6.45) is 3.00. The SMILES string of the molecule is O=C(OCCCn1c(=O)[nH]c2ccccc2c1=O)c1nn(-c2ccccc2)c2c1CCC2. The van der Waals surface area contributed by atoms with Crippen molar-refractivity contribution in [2.24, 2.45) is 0 Å². The zero-order valence-electron chi connectivity index (χ0n) is 17.4. The maximum absolute atomic E-state index is 12.7. The molecule has 1 aliphatic carbocycles. The molecule has 0 bridgehead atoms. The molecule has 0 aliphatic heterocycles. The largest absolute Gasteiger partial charge is 0.461 e. The van der Waals surface area contributed by atoms with Gasteiger partial charge in [0.15, 0.2) is 5.69 Å². The quantitative estimate of drug-likeness (QED) is 0.375. The lowest BCUT2D eigenvalue weighted by atomic mass is 10.2. The van der Waals surface area contributed by atoms with Crippen molar-refractivity contribution >= 4 is 16.9 Å². The van der Waals surface area contributed by atoms with Crippen molar-refractivity contribution in [2.75, 3.05) is 6.61 Å². The first-order chi connectivity index (χ1) is 15.6. The normalized spacial score (nSPS) is 12.8. The molecule has 0 saturated carbocycles. The highest BCUT2D eigenvalue weighted by atomic mass is 16.5. The van der Waals surface area contributed by atoms with Gasteiger partial charge in [-0.15, -0.1) is 0 Å². The third kappa shape index (κ3) is 3.53. The summed E-state index contributed by atoms with van der Waals surface area (Å²) >= 11 is 0. The van der Waals surface area contributed by atoms with Crippen molar-refractivity contribution in [3.05, 3.63) is 92.4 Å². The Hall–Kier alpha value is -3.94. The predicted octanol–water partition coefficient (Wildman–Crippen LogP) is 2.61. The molecule has 4 aromatic rings. The molecule has 5 rings (SSSR count). The second-order valence-electron chi connectivity index (χ2n) is 7.80. The standard InChI is InChI=1S/C24H22N4O4/c29-22-17-10-4-5-12-19(17)25-24(31)27(22)14-7-15-32-23(30)21-18-11-6-13-20(18)28(26-21)16-8-2-1-3-9-16/h1-5,8-10,12H,6-7,11,13-15H2,(H,25,31). The molecule has 0 atom stereocenters. The average Bonchev–Trinajstić information content (AvgIpc) is 3.42. The fraction of sp³-hybridized carbons (Fsp3) is 0.250. The zero-order chi connectivity index (χ0) is 22.1. The van der Waals surface area contributed by atoms with Crippen molar-refractivity contribution in [1.82, 2.24) is 19.3 Å². The van der Waals surface area contributed by atoms with E-state index in [0.29, 0.717) is 23.0 Å². The molecular weight excluding hydrogens is 408 g/mol. The third-order valence-electron chi connectivity index (χ3n) is 5.77. The second kappa shape index (κ2) is 8.30. The van der Waals surface area contributed by atoms with Gasteiger partial charge >= 0.3 is 11.7 Å². The summed E-state index contributed by atoms with van der Waals surface area (Å²) in [5.74, 6) is -0.474. The van der Waals surface area contributed by atoms with Gasteiger partial charge in [0, 0.05) is 17.8 Å². The fourth-order valence-electron chi connectivity index (χ4n) is 4.24. The number of esters is 1. The molecule has 8 heteroatoms. The highest BCUT2D eigenvalue weighted by molar-refractivity contribution is 5.89. The van der Waals surface area contributed by atoms with E-state index >= 15 is 0 Å². The summed E-state index contributed by atoms with van der Waals surface area (Å²) in [5.41, 5.74) is 2.95. The number of nitrogens with one attached hydrogen (secondary N) is 1. The number of fused-ring (bicyclic) bond motifs is 2. The summed E-state index contributed by atoms with van der Waals surface area (Å²) in [6.45, 7) is 0.243. The highest BCUT2D eigenvalue weighted by Crippen LogP contribution is 2.28. The van der Waals surface area contributed by atoms with Crippen LogP contribution in [0.25, 0.3) is 16.6 Å². The van der Waals surface area contributed by atoms with Crippen LogP contribution in [0.2, 0.25) is 0 Å². The summed E-state index contributed by atoms with van der Waals surface area (Å²) < 4.78 is 8.41. The van der Waals surface area contributed by atoms with Crippen LogP contribution in [0.15, 0.2) is 64.2 Å². The Morgan fingerprint density at radius 3 is 2.66 bits per heavy atom. The van der Waals surface area contributed by atoms with Crippen molar-refractivity contribution in [3.8, 4) is 5.69 Å². The molecular formula is C24H22N4O4. The highest BCUT2D eigenvalue weighted by Gasteiger charge is 2.27. The van der Waals surface area contributed by atoms with E-state index in [1.165, 1.54) is 0 Å². The number of hydrogen-bond donors (Lipinski definition) is 1. The van der Waals surface area contributed by atoms with Crippen LogP contribution in [-0.2, 0) is 24.1 Å². The number of nitrogens with zero attached hydrogens (tertiary/aromatic N) is 3. The van der Waals surface area contributed by atoms with E-state index in [2.05, 4.69) is 10.1 Å². The number of hydrogen-bond acceptors (Lipinski definition) is 5. The van der Waals surface area contributed by atoms with Gasteiger partial charge in [-0.2, -0.15) is 5.10 Å². The van der Waals surface area contributed by atoms with Gasteiger partial charge in [0.05, 0.1) is 23.2 Å². The van der Waals surface area contributed by atoms with E-state index in [1.54, 1.807) is 24.3 Å². The van der Waals surface area contributed by atoms with Gasteiger partial charge in [-0.25, -0.2) is 14.3 Å². The molecule has 8 nitrogen and oxygen atoms in total. The van der Waals surface area contributed by atoms with Gasteiger partial charge < -0.3 is 9.72 Å². The van der Waals surface area contributed by atoms with Crippen molar-refractivity contribution in [1.29, 1.82) is 0 Å². The molecule has 0 fully saturated rings. The van der Waals surface area contributed by atoms with Gasteiger partial charge in [-0.05, 0) is 49.9 Å². The molecule has 0 amide bonds. The van der Waals surface area contributed by atoms with Crippen molar-refractivity contribution < 1.29 is 9.53 Å². The number of benzene rings is 2. The van der Waals surface area contributed by atoms with E-state index < -0.39 is 11.7 Å². The molecule has 0 unspecified atom stereocenters. The number of aromatic amines is 1. The first kappa shape index (κ1) is 20.0. The van der Waals surface area contributed by atoms with E-state index in [1.807, 2.05) is 35.0 Å². The van der Waals surface area contributed by atoms with Crippen LogP contribution in [0.1, 0.15) is 34.6 Å². The molecule has 1 aliphatic rings. The Kier molecular flexibility index (Phi) is 5.18. The summed E-state index contributed by atoms with van der Waals surface area (Å²) in [7, 11) is 0. The zero-order valence-corrected chi connectivity index (χ0v) is 17.4. The summed E-state index contributed by atoms with van der Waals surface area (Å²) in [6, 6.07) is 16.6. The van der Waals surface area contributed by atoms with Crippen LogP contribution in [-0.4, -0.2) is 31.9 Å². The minimum Gasteiger partial charge on any atom is -0.461 e. The Bertz CT molecular complexity index is 1420. The van der Waals surface area contributed by atoms with E-state index in [9.17, 15) is 14.4 Å². The van der Waals surface area contributed by atoms with E-state index in [0.717, 1.165) is 40.8 Å². The topological polar surface area (TPSA) is 99.0 Å². The Morgan fingerprint density at radius 2 is 1.81 bits per heavy atom. The molecule has 162 valence electrons. The van der Waals surface area contributed by atoms with Gasteiger partial charge in [-0.3, -0.25) is 9.36 Å². The first-order valence-corrected chi connectivity index (χ1v) is 10.7. The molecule has 0 spiro atoms. The Labute approximate surface area is 183 Å². The number of H-pyrrole nitrogens is 1. The first-order valence-electron chi connectivity index (χ1n) is 10.7. The lowest BCUT2D eigenvalue weighted by molar-refractivity contribution is 0.0486. The van der Waals surface area contributed by atoms with Crippen LogP contribution < -0.4 is 11.2 Å². The van der Waals surface area contributed by atoms with E-state index in [4.69, 9.17) is 4.74 Å². The third-order valence-corrected chi connectivity index (χ3v) is 5.77. The fourth-order valence-corrected chi connectivity index (χ4v) is 4.24. The molecule has 0 saturated heterocycles. The predicted molar refractivity (Wildman–Crippen MR) is 119 cm³/mol. The van der Waals surface area contributed by atoms with Crippen molar-refractivity contribution in [2.45, 2.75) is 32.2 Å². The molecule has 32 heavy (non-hydrogen) atoms. The Morgan fingerprint density at radius 1 is 1.03 bits per heavy atom. The smallest absolute Gasteiger partial charge is 0.359 e. The average molecular weight is 430 g/mol. The number of carbonyl (C=O) groups is 1. The number of rotatable bonds is 6. The minimum absolute atomic E-state index is 0.0878. The van der Waals surface area contributed by atoms with Gasteiger partial charge in [0.1, 0.15) is 0 Å². The van der Waals surface area contributed by atoms with Crippen LogP contribution >= 0.6 is 0 Å². The van der Waals surface area contributed by atoms with Crippen LogP contribution in [0.5, 0.6) is 0 Å².